The summed E-state index contributed by atoms with van der Waals surface area (Å²) in [5, 5.41) is 1.89. The van der Waals surface area contributed by atoms with E-state index in [1.165, 1.54) is 9.75 Å². The Morgan fingerprint density at radius 2 is 0.864 bits per heavy atom. The van der Waals surface area contributed by atoms with E-state index in [0.717, 1.165) is 71.8 Å². The van der Waals surface area contributed by atoms with Crippen LogP contribution in [0.4, 0.5) is 0 Å². The first kappa shape index (κ1) is 31.8. The van der Waals surface area contributed by atoms with Gasteiger partial charge < -0.3 is 28.4 Å². The van der Waals surface area contributed by atoms with Crippen LogP contribution in [0.5, 0.6) is 34.5 Å². The lowest BCUT2D eigenvalue weighted by atomic mass is 10.2. The average molecular weight is 641 g/mol. The van der Waals surface area contributed by atoms with E-state index in [4.69, 9.17) is 38.4 Å². The summed E-state index contributed by atoms with van der Waals surface area (Å²) in [6, 6.07) is 7.82. The number of methoxy groups -OCH3 is 6. The van der Waals surface area contributed by atoms with Crippen molar-refractivity contribution in [2.45, 2.75) is 26.9 Å². The van der Waals surface area contributed by atoms with Gasteiger partial charge in [0.1, 0.15) is 10.0 Å². The zero-order valence-corrected chi connectivity index (χ0v) is 28.2. The van der Waals surface area contributed by atoms with Gasteiger partial charge in [-0.15, -0.1) is 22.7 Å². The molecule has 4 aromatic rings. The molecule has 1 saturated heterocycles. The number of hydrogen-bond acceptors (Lipinski definition) is 12. The van der Waals surface area contributed by atoms with Crippen LogP contribution in [0.15, 0.2) is 24.3 Å². The Morgan fingerprint density at radius 3 is 1.14 bits per heavy atom. The lowest BCUT2D eigenvalue weighted by Crippen LogP contribution is -2.45. The van der Waals surface area contributed by atoms with Gasteiger partial charge in [-0.2, -0.15) is 0 Å². The number of benzene rings is 2. The van der Waals surface area contributed by atoms with Crippen molar-refractivity contribution in [2.75, 3.05) is 68.8 Å². The lowest BCUT2D eigenvalue weighted by molar-refractivity contribution is 0.123. The van der Waals surface area contributed by atoms with E-state index in [-0.39, 0.29) is 0 Å². The van der Waals surface area contributed by atoms with Gasteiger partial charge in [0.25, 0.3) is 0 Å². The van der Waals surface area contributed by atoms with Crippen LogP contribution in [0.25, 0.3) is 21.1 Å². The van der Waals surface area contributed by atoms with Crippen molar-refractivity contribution in [2.24, 2.45) is 0 Å². The maximum absolute atomic E-state index is 5.55. The summed E-state index contributed by atoms with van der Waals surface area (Å²) in [6.07, 6.45) is 0. The van der Waals surface area contributed by atoms with Crippen molar-refractivity contribution in [3.8, 4) is 55.6 Å². The van der Waals surface area contributed by atoms with E-state index >= 15 is 0 Å². The first-order valence-electron chi connectivity index (χ1n) is 14.3. The smallest absolute Gasteiger partial charge is 0.203 e. The number of thiazole rings is 2. The molecule has 10 nitrogen and oxygen atoms in total. The van der Waals surface area contributed by atoms with E-state index in [1.807, 2.05) is 24.3 Å². The minimum atomic E-state index is 0.580. The van der Waals surface area contributed by atoms with Crippen molar-refractivity contribution in [1.29, 1.82) is 0 Å². The van der Waals surface area contributed by atoms with Gasteiger partial charge in [0.2, 0.25) is 11.5 Å². The van der Waals surface area contributed by atoms with Gasteiger partial charge in [0.15, 0.2) is 23.0 Å². The summed E-state index contributed by atoms with van der Waals surface area (Å²) in [5.41, 5.74) is 4.02. The van der Waals surface area contributed by atoms with E-state index in [2.05, 4.69) is 23.6 Å². The third-order valence-corrected chi connectivity index (χ3v) is 10.2. The molecule has 236 valence electrons. The van der Waals surface area contributed by atoms with Crippen molar-refractivity contribution in [3.63, 3.8) is 0 Å². The molecule has 0 unspecified atom stereocenters. The molecule has 5 rings (SSSR count). The van der Waals surface area contributed by atoms with E-state index in [1.54, 1.807) is 65.3 Å². The fourth-order valence-electron chi connectivity index (χ4n) is 5.32. The molecule has 1 aliphatic rings. The molecule has 12 heteroatoms. The molecule has 3 heterocycles. The van der Waals surface area contributed by atoms with E-state index in [0.29, 0.717) is 34.5 Å². The Bertz CT molecular complexity index is 1430. The highest BCUT2D eigenvalue weighted by atomic mass is 32.1. The molecule has 0 atom stereocenters. The topological polar surface area (TPSA) is 87.6 Å². The normalized spacial score (nSPS) is 14.0. The molecule has 2 aromatic heterocycles. The fraction of sp³-hybridized carbons (Fsp3) is 0.438. The first-order valence-corrected chi connectivity index (χ1v) is 15.9. The molecular formula is C32H40N4O6S2. The summed E-state index contributed by atoms with van der Waals surface area (Å²) in [4.78, 5) is 17.4. The zero-order chi connectivity index (χ0) is 31.4. The van der Waals surface area contributed by atoms with Gasteiger partial charge in [0, 0.05) is 60.1 Å². The Balaban J connectivity index is 1.23. The Kier molecular flexibility index (Phi) is 10.1. The number of ether oxygens (including phenoxy) is 6. The molecule has 0 amide bonds. The Morgan fingerprint density at radius 1 is 0.545 bits per heavy atom. The number of rotatable bonds is 12. The highest BCUT2D eigenvalue weighted by molar-refractivity contribution is 7.15. The minimum absolute atomic E-state index is 0.580. The van der Waals surface area contributed by atoms with Crippen LogP contribution in [0, 0.1) is 13.8 Å². The van der Waals surface area contributed by atoms with Gasteiger partial charge in [0.05, 0.1) is 54.0 Å². The zero-order valence-electron chi connectivity index (χ0n) is 26.6. The average Bonchev–Trinajstić information content (AvgIpc) is 3.61. The molecule has 0 bridgehead atoms. The SMILES string of the molecule is COc1cc(-c2nc(C)c(CN3CCN(Cc4sc(-c5cc(OC)c(OC)c(OC)c5)nc4C)CC3)s2)cc(OC)c1OC. The van der Waals surface area contributed by atoms with Crippen molar-refractivity contribution in [1.82, 2.24) is 19.8 Å². The largest absolute Gasteiger partial charge is 0.493 e. The summed E-state index contributed by atoms with van der Waals surface area (Å²) in [7, 11) is 9.74. The molecule has 0 spiro atoms. The van der Waals surface area contributed by atoms with E-state index < -0.39 is 0 Å². The Labute approximate surface area is 267 Å². The molecule has 2 aromatic carbocycles. The third kappa shape index (κ3) is 6.58. The maximum atomic E-state index is 5.55. The number of aromatic nitrogens is 2. The molecule has 1 fully saturated rings. The van der Waals surface area contributed by atoms with Crippen LogP contribution < -0.4 is 28.4 Å². The highest BCUT2D eigenvalue weighted by Crippen LogP contribution is 2.44. The highest BCUT2D eigenvalue weighted by Gasteiger charge is 2.23. The number of piperazine rings is 1. The maximum Gasteiger partial charge on any atom is 0.203 e. The molecule has 0 N–H and O–H groups in total. The Hall–Kier alpha value is -3.58. The molecule has 1 aliphatic heterocycles. The predicted octanol–water partition coefficient (Wildman–Crippen LogP) is 5.92. The van der Waals surface area contributed by atoms with Crippen LogP contribution in [-0.4, -0.2) is 88.6 Å². The van der Waals surface area contributed by atoms with Gasteiger partial charge in [-0.25, -0.2) is 9.97 Å². The second-order valence-electron chi connectivity index (χ2n) is 10.4. The second kappa shape index (κ2) is 14.0. The quantitative estimate of drug-likeness (QED) is 0.186. The van der Waals surface area contributed by atoms with Crippen molar-refractivity contribution in [3.05, 3.63) is 45.4 Å². The third-order valence-electron chi connectivity index (χ3n) is 7.81. The van der Waals surface area contributed by atoms with Crippen molar-refractivity contribution < 1.29 is 28.4 Å². The summed E-state index contributed by atoms with van der Waals surface area (Å²) >= 11 is 3.44. The molecular weight excluding hydrogens is 601 g/mol. The van der Waals surface area contributed by atoms with Gasteiger partial charge in [-0.3, -0.25) is 9.80 Å². The molecule has 0 aliphatic carbocycles. The van der Waals surface area contributed by atoms with Gasteiger partial charge in [-0.05, 0) is 38.1 Å². The van der Waals surface area contributed by atoms with Crippen LogP contribution in [0.1, 0.15) is 21.1 Å². The van der Waals surface area contributed by atoms with Crippen LogP contribution >= 0.6 is 22.7 Å². The summed E-state index contributed by atoms with van der Waals surface area (Å²) in [5.74, 6) is 3.66. The van der Waals surface area contributed by atoms with Gasteiger partial charge in [-0.1, -0.05) is 0 Å². The van der Waals surface area contributed by atoms with Gasteiger partial charge >= 0.3 is 0 Å². The van der Waals surface area contributed by atoms with Crippen LogP contribution in [0.2, 0.25) is 0 Å². The second-order valence-corrected chi connectivity index (χ2v) is 12.6. The number of aryl methyl sites for hydroxylation is 2. The monoisotopic (exact) mass is 640 g/mol. The summed E-state index contributed by atoms with van der Waals surface area (Å²) in [6.45, 7) is 9.91. The predicted molar refractivity (Wildman–Crippen MR) is 174 cm³/mol. The number of nitrogens with zero attached hydrogens (tertiary/aromatic N) is 4. The minimum Gasteiger partial charge on any atom is -0.493 e. The summed E-state index contributed by atoms with van der Waals surface area (Å²) < 4.78 is 33.2. The molecule has 44 heavy (non-hydrogen) atoms. The standard InChI is InChI=1S/C32H40N4O6S2/c1-19-27(43-31(33-19)21-13-23(37-3)29(41-7)24(14-21)38-4)17-35-9-11-36(12-10-35)18-28-20(2)34-32(44-28)22-15-25(39-5)30(42-8)26(16-22)40-6/h13-16H,9-12,17-18H2,1-8H3. The first-order chi connectivity index (χ1) is 21.3. The number of hydrogen-bond donors (Lipinski definition) is 0. The lowest BCUT2D eigenvalue weighted by Gasteiger charge is -2.34. The molecule has 0 radical (unpaired) electrons. The van der Waals surface area contributed by atoms with E-state index in [9.17, 15) is 0 Å². The van der Waals surface area contributed by atoms with Crippen molar-refractivity contribution >= 4 is 22.7 Å². The fourth-order valence-corrected chi connectivity index (χ4v) is 7.50. The van der Waals surface area contributed by atoms with Crippen LogP contribution in [0.3, 0.4) is 0 Å². The molecule has 0 saturated carbocycles. The van der Waals surface area contributed by atoms with Crippen LogP contribution in [-0.2, 0) is 13.1 Å².